The van der Waals surface area contributed by atoms with Crippen LogP contribution in [0.2, 0.25) is 0 Å². The van der Waals surface area contributed by atoms with Gasteiger partial charge in [0.15, 0.2) is 0 Å². The molecule has 0 fully saturated rings. The predicted octanol–water partition coefficient (Wildman–Crippen LogP) is 1.67. The van der Waals surface area contributed by atoms with Gasteiger partial charge in [-0.2, -0.15) is 0 Å². The van der Waals surface area contributed by atoms with E-state index in [9.17, 15) is 8.42 Å². The van der Waals surface area contributed by atoms with Gasteiger partial charge in [-0.05, 0) is 12.6 Å². The topological polar surface area (TPSA) is 37.4 Å². The van der Waals surface area contributed by atoms with E-state index in [1.807, 2.05) is 11.8 Å². The van der Waals surface area contributed by atoms with Gasteiger partial charge in [-0.25, -0.2) is 8.42 Å². The summed E-state index contributed by atoms with van der Waals surface area (Å²) in [6.45, 7) is 3.81. The highest BCUT2D eigenvalue weighted by atomic mass is 35.5. The second kappa shape index (κ2) is 6.67. The molecule has 0 saturated carbocycles. The number of hydrogen-bond donors (Lipinski definition) is 0. The highest BCUT2D eigenvalue weighted by Gasteiger charge is 2.06. The Kier molecular flexibility index (Phi) is 6.78. The number of hydrogen-bond acceptors (Lipinski definition) is 3. The molecule has 6 heteroatoms. The van der Waals surface area contributed by atoms with Crippen molar-refractivity contribution < 1.29 is 8.42 Å². The highest BCUT2D eigenvalue weighted by Crippen LogP contribution is 2.06. The van der Waals surface area contributed by atoms with Gasteiger partial charge in [0.25, 0.3) is 0 Å². The lowest BCUT2D eigenvalue weighted by Crippen LogP contribution is -2.29. The van der Waals surface area contributed by atoms with E-state index in [0.717, 1.165) is 6.54 Å². The van der Waals surface area contributed by atoms with Crippen LogP contribution in [0.25, 0.3) is 0 Å². The Morgan fingerprint density at radius 3 is 2.36 bits per heavy atom. The monoisotopic (exact) mass is 259 g/mol. The van der Waals surface area contributed by atoms with Crippen molar-refractivity contribution >= 4 is 33.0 Å². The van der Waals surface area contributed by atoms with Crippen molar-refractivity contribution in [2.75, 3.05) is 31.6 Å². The molecular weight excluding hydrogens is 245 g/mol. The Balaban J connectivity index is 3.99. The van der Waals surface area contributed by atoms with Gasteiger partial charge in [0.05, 0.1) is 5.75 Å². The summed E-state index contributed by atoms with van der Waals surface area (Å²) < 4.78 is 22.0. The summed E-state index contributed by atoms with van der Waals surface area (Å²) in [6, 6.07) is 0. The molecule has 0 aromatic rings. The van der Waals surface area contributed by atoms with Gasteiger partial charge in [0, 0.05) is 19.3 Å². The summed E-state index contributed by atoms with van der Waals surface area (Å²) in [6.07, 6.45) is 2.88. The lowest BCUT2D eigenvalue weighted by Gasteiger charge is -2.17. The zero-order chi connectivity index (χ0) is 11.2. The SMILES string of the molecule is CCN(CC=C(Cl)Cl)CCS(C)(=O)=O. The fourth-order valence-electron chi connectivity index (χ4n) is 0.872. The Labute approximate surface area is 95.6 Å². The summed E-state index contributed by atoms with van der Waals surface area (Å²) in [5.74, 6) is 0.161. The average Bonchev–Trinajstić information content (AvgIpc) is 2.02. The minimum absolute atomic E-state index is 0.161. The van der Waals surface area contributed by atoms with Gasteiger partial charge < -0.3 is 0 Å². The maximum atomic E-state index is 10.9. The Bertz CT molecular complexity index is 284. The van der Waals surface area contributed by atoms with Crippen molar-refractivity contribution in [2.45, 2.75) is 6.92 Å². The van der Waals surface area contributed by atoms with Crippen LogP contribution in [-0.2, 0) is 9.84 Å². The predicted molar refractivity (Wildman–Crippen MR) is 61.6 cm³/mol. The van der Waals surface area contributed by atoms with Crippen LogP contribution in [0.15, 0.2) is 10.6 Å². The molecule has 0 aromatic carbocycles. The Hall–Kier alpha value is 0.230. The first-order chi connectivity index (χ1) is 6.35. The first-order valence-electron chi connectivity index (χ1n) is 4.26. The lowest BCUT2D eigenvalue weighted by molar-refractivity contribution is 0.338. The Morgan fingerprint density at radius 1 is 1.43 bits per heavy atom. The minimum Gasteiger partial charge on any atom is -0.299 e. The van der Waals surface area contributed by atoms with Crippen LogP contribution >= 0.6 is 23.2 Å². The van der Waals surface area contributed by atoms with Gasteiger partial charge in [-0.15, -0.1) is 0 Å². The number of halogens is 2. The number of rotatable bonds is 6. The van der Waals surface area contributed by atoms with E-state index in [2.05, 4.69) is 0 Å². The molecule has 0 aliphatic carbocycles. The molecule has 0 rings (SSSR count). The van der Waals surface area contributed by atoms with Crippen molar-refractivity contribution in [1.82, 2.24) is 4.90 Å². The van der Waals surface area contributed by atoms with E-state index < -0.39 is 9.84 Å². The molecule has 0 N–H and O–H groups in total. The summed E-state index contributed by atoms with van der Waals surface area (Å²) in [7, 11) is -2.90. The molecule has 0 saturated heterocycles. The largest absolute Gasteiger partial charge is 0.299 e. The van der Waals surface area contributed by atoms with Gasteiger partial charge in [-0.3, -0.25) is 4.90 Å². The van der Waals surface area contributed by atoms with Crippen LogP contribution in [-0.4, -0.2) is 45.0 Å². The van der Waals surface area contributed by atoms with Crippen molar-refractivity contribution in [3.05, 3.63) is 10.6 Å². The van der Waals surface area contributed by atoms with E-state index in [0.29, 0.717) is 13.1 Å². The molecule has 0 atom stereocenters. The fourth-order valence-corrected chi connectivity index (χ4v) is 1.60. The van der Waals surface area contributed by atoms with Crippen LogP contribution in [0.4, 0.5) is 0 Å². The highest BCUT2D eigenvalue weighted by molar-refractivity contribution is 7.90. The third-order valence-electron chi connectivity index (χ3n) is 1.73. The van der Waals surface area contributed by atoms with Gasteiger partial charge in [-0.1, -0.05) is 30.1 Å². The summed E-state index contributed by atoms with van der Waals surface area (Å²) in [4.78, 5) is 1.95. The van der Waals surface area contributed by atoms with Gasteiger partial charge >= 0.3 is 0 Å². The van der Waals surface area contributed by atoms with Crippen molar-refractivity contribution in [3.8, 4) is 0 Å². The first kappa shape index (κ1) is 14.2. The molecule has 0 amide bonds. The van der Waals surface area contributed by atoms with E-state index >= 15 is 0 Å². The molecule has 14 heavy (non-hydrogen) atoms. The van der Waals surface area contributed by atoms with E-state index in [4.69, 9.17) is 23.2 Å². The molecule has 84 valence electrons. The third-order valence-corrected chi connectivity index (χ3v) is 2.96. The number of sulfone groups is 1. The number of nitrogens with zero attached hydrogens (tertiary/aromatic N) is 1. The maximum Gasteiger partial charge on any atom is 0.148 e. The van der Waals surface area contributed by atoms with E-state index in [1.54, 1.807) is 6.08 Å². The van der Waals surface area contributed by atoms with E-state index in [1.165, 1.54) is 6.26 Å². The molecule has 0 aliphatic rings. The molecule has 0 aromatic heterocycles. The zero-order valence-corrected chi connectivity index (χ0v) is 10.7. The standard InChI is InChI=1S/C8H15Cl2NO2S/c1-3-11(5-4-8(9)10)6-7-14(2,12)13/h4H,3,5-7H2,1-2H3. The quantitative estimate of drug-likeness (QED) is 0.729. The van der Waals surface area contributed by atoms with Crippen LogP contribution < -0.4 is 0 Å². The van der Waals surface area contributed by atoms with Gasteiger partial charge in [0.2, 0.25) is 0 Å². The van der Waals surface area contributed by atoms with E-state index in [-0.39, 0.29) is 10.2 Å². The summed E-state index contributed by atoms with van der Waals surface area (Å²) >= 11 is 10.9. The molecule has 0 aliphatic heterocycles. The lowest BCUT2D eigenvalue weighted by atomic mass is 10.5. The fraction of sp³-hybridized carbons (Fsp3) is 0.750. The van der Waals surface area contributed by atoms with Crippen LogP contribution in [0.1, 0.15) is 6.92 Å². The molecular formula is C8H15Cl2NO2S. The van der Waals surface area contributed by atoms with Crippen molar-refractivity contribution in [1.29, 1.82) is 0 Å². The molecule has 0 spiro atoms. The second-order valence-corrected chi connectivity index (χ2v) is 6.28. The van der Waals surface area contributed by atoms with Crippen LogP contribution in [0.3, 0.4) is 0 Å². The van der Waals surface area contributed by atoms with Gasteiger partial charge in [0.1, 0.15) is 14.3 Å². The smallest absolute Gasteiger partial charge is 0.148 e. The molecule has 0 heterocycles. The second-order valence-electron chi connectivity index (χ2n) is 3.02. The van der Waals surface area contributed by atoms with Crippen LogP contribution in [0, 0.1) is 0 Å². The van der Waals surface area contributed by atoms with Crippen molar-refractivity contribution in [3.63, 3.8) is 0 Å². The molecule has 0 unspecified atom stereocenters. The molecule has 0 bridgehead atoms. The average molecular weight is 260 g/mol. The first-order valence-corrected chi connectivity index (χ1v) is 7.08. The summed E-state index contributed by atoms with van der Waals surface area (Å²) in [5, 5.41) is 0. The summed E-state index contributed by atoms with van der Waals surface area (Å²) in [5.41, 5.74) is 0. The zero-order valence-electron chi connectivity index (χ0n) is 8.33. The van der Waals surface area contributed by atoms with Crippen molar-refractivity contribution in [2.24, 2.45) is 0 Å². The molecule has 3 nitrogen and oxygen atoms in total. The number of likely N-dealkylation sites (N-methyl/N-ethyl adjacent to an activating group) is 1. The maximum absolute atomic E-state index is 10.9. The minimum atomic E-state index is -2.90. The molecule has 0 radical (unpaired) electrons. The Morgan fingerprint density at radius 2 is 2.00 bits per heavy atom. The van der Waals surface area contributed by atoms with Crippen LogP contribution in [0.5, 0.6) is 0 Å². The third kappa shape index (κ3) is 8.81. The normalized spacial score (nSPS) is 11.8.